The van der Waals surface area contributed by atoms with Crippen LogP contribution >= 0.6 is 0 Å². The Kier molecular flexibility index (Phi) is 8.42. The van der Waals surface area contributed by atoms with Gasteiger partial charge in [-0.2, -0.15) is 0 Å². The molecule has 4 atom stereocenters. The summed E-state index contributed by atoms with van der Waals surface area (Å²) < 4.78 is 0. The largest absolute Gasteiger partial charge is 0.480 e. The minimum Gasteiger partial charge on any atom is -0.480 e. The van der Waals surface area contributed by atoms with Gasteiger partial charge in [-0.25, -0.2) is 4.79 Å². The van der Waals surface area contributed by atoms with E-state index in [1.54, 1.807) is 6.20 Å². The Morgan fingerprint density at radius 1 is 1.00 bits per heavy atom. The number of H-pyrrole nitrogens is 1. The lowest BCUT2D eigenvalue weighted by Crippen LogP contribution is -2.58. The van der Waals surface area contributed by atoms with Crippen molar-refractivity contribution in [2.45, 2.75) is 56.8 Å². The molecule has 6 N–H and O–H groups in total. The van der Waals surface area contributed by atoms with Crippen molar-refractivity contribution in [2.24, 2.45) is 5.73 Å². The van der Waals surface area contributed by atoms with E-state index < -0.39 is 47.9 Å². The Hall–Kier alpha value is -4.18. The molecule has 4 rings (SSSR count). The first-order valence-electron chi connectivity index (χ1n) is 12.7. The summed E-state index contributed by atoms with van der Waals surface area (Å²) in [6, 6.07) is 13.0. The number of hydrogen-bond donors (Lipinski definition) is 5. The minimum atomic E-state index is -1.07. The number of carbonyl (C=O) groups excluding carboxylic acids is 3. The van der Waals surface area contributed by atoms with Gasteiger partial charge in [-0.3, -0.25) is 14.4 Å². The standard InChI is InChI=1S/C28H33N5O5/c1-17(29)25(34)31-22(14-18-8-3-2-4-9-18)26(35)32-23(27(36)33-13-7-12-24(33)28(37)38)15-19-16-30-21-11-6-5-10-20(19)21/h2-6,8-11,16-17,22-24,30H,7,12-15,29H2,1H3,(H,31,34)(H,32,35)(H,37,38). The normalized spacial score (nSPS) is 17.5. The van der Waals surface area contributed by atoms with Crippen molar-refractivity contribution < 1.29 is 24.3 Å². The molecular weight excluding hydrogens is 486 g/mol. The van der Waals surface area contributed by atoms with E-state index in [1.165, 1.54) is 11.8 Å². The van der Waals surface area contributed by atoms with Gasteiger partial charge in [0.15, 0.2) is 0 Å². The first kappa shape index (κ1) is 26.9. The van der Waals surface area contributed by atoms with Crippen molar-refractivity contribution in [3.05, 3.63) is 71.9 Å². The number of carboxylic acids is 1. The number of fused-ring (bicyclic) bond motifs is 1. The van der Waals surface area contributed by atoms with Crippen LogP contribution in [0.15, 0.2) is 60.8 Å². The number of amides is 3. The number of likely N-dealkylation sites (tertiary alicyclic amines) is 1. The number of rotatable bonds is 10. The van der Waals surface area contributed by atoms with Gasteiger partial charge in [-0.1, -0.05) is 48.5 Å². The van der Waals surface area contributed by atoms with E-state index in [9.17, 15) is 24.3 Å². The van der Waals surface area contributed by atoms with Crippen LogP contribution in [0.4, 0.5) is 0 Å². The zero-order chi connectivity index (χ0) is 27.2. The summed E-state index contributed by atoms with van der Waals surface area (Å²) in [6.07, 6.45) is 3.06. The molecule has 200 valence electrons. The maximum Gasteiger partial charge on any atom is 0.326 e. The molecule has 0 aliphatic carbocycles. The molecule has 2 heterocycles. The van der Waals surface area contributed by atoms with E-state index in [-0.39, 0.29) is 12.8 Å². The van der Waals surface area contributed by atoms with Gasteiger partial charge in [0.05, 0.1) is 6.04 Å². The monoisotopic (exact) mass is 519 g/mol. The lowest BCUT2D eigenvalue weighted by molar-refractivity contribution is -0.149. The highest BCUT2D eigenvalue weighted by atomic mass is 16.4. The second kappa shape index (κ2) is 11.9. The molecule has 38 heavy (non-hydrogen) atoms. The number of para-hydroxylation sites is 1. The summed E-state index contributed by atoms with van der Waals surface area (Å²) in [6.45, 7) is 1.82. The third-order valence-electron chi connectivity index (χ3n) is 6.86. The van der Waals surface area contributed by atoms with Gasteiger partial charge in [0, 0.05) is 36.5 Å². The molecule has 1 aliphatic rings. The Morgan fingerprint density at radius 3 is 2.39 bits per heavy atom. The van der Waals surface area contributed by atoms with E-state index in [1.807, 2.05) is 54.6 Å². The number of hydrogen-bond acceptors (Lipinski definition) is 5. The van der Waals surface area contributed by atoms with Crippen LogP contribution in [-0.4, -0.2) is 69.4 Å². The Morgan fingerprint density at radius 2 is 1.68 bits per heavy atom. The Bertz CT molecular complexity index is 1310. The molecule has 3 amide bonds. The summed E-state index contributed by atoms with van der Waals surface area (Å²) in [5, 5.41) is 16.1. The van der Waals surface area contributed by atoms with Crippen LogP contribution in [0.5, 0.6) is 0 Å². The van der Waals surface area contributed by atoms with Crippen molar-refractivity contribution in [3.8, 4) is 0 Å². The molecule has 4 unspecified atom stereocenters. The molecule has 10 heteroatoms. The molecule has 0 bridgehead atoms. The smallest absolute Gasteiger partial charge is 0.326 e. The lowest BCUT2D eigenvalue weighted by Gasteiger charge is -2.29. The molecule has 1 aliphatic heterocycles. The number of nitrogens with zero attached hydrogens (tertiary/aromatic N) is 1. The highest BCUT2D eigenvalue weighted by Gasteiger charge is 2.38. The predicted octanol–water partition coefficient (Wildman–Crippen LogP) is 1.35. The topological polar surface area (TPSA) is 158 Å². The fourth-order valence-electron chi connectivity index (χ4n) is 4.84. The van der Waals surface area contributed by atoms with Crippen LogP contribution in [0.1, 0.15) is 30.9 Å². The van der Waals surface area contributed by atoms with E-state index in [0.29, 0.717) is 19.4 Å². The summed E-state index contributed by atoms with van der Waals surface area (Å²) in [4.78, 5) is 56.0. The molecule has 10 nitrogen and oxygen atoms in total. The average Bonchev–Trinajstić information content (AvgIpc) is 3.56. The van der Waals surface area contributed by atoms with Crippen LogP contribution < -0.4 is 16.4 Å². The van der Waals surface area contributed by atoms with Crippen LogP contribution in [0.2, 0.25) is 0 Å². The number of aromatic amines is 1. The summed E-state index contributed by atoms with van der Waals surface area (Å²) in [5.74, 6) is -2.58. The van der Waals surface area contributed by atoms with Crippen molar-refractivity contribution in [1.82, 2.24) is 20.5 Å². The van der Waals surface area contributed by atoms with Gasteiger partial charge in [-0.15, -0.1) is 0 Å². The van der Waals surface area contributed by atoms with Gasteiger partial charge in [0.1, 0.15) is 18.1 Å². The molecular formula is C28H33N5O5. The second-order valence-electron chi connectivity index (χ2n) is 9.69. The van der Waals surface area contributed by atoms with Gasteiger partial charge in [-0.05, 0) is 37.0 Å². The van der Waals surface area contributed by atoms with Gasteiger partial charge in [0.2, 0.25) is 17.7 Å². The number of aromatic nitrogens is 1. The third-order valence-corrected chi connectivity index (χ3v) is 6.86. The van der Waals surface area contributed by atoms with Crippen molar-refractivity contribution in [2.75, 3.05) is 6.54 Å². The average molecular weight is 520 g/mol. The van der Waals surface area contributed by atoms with Crippen LogP contribution in [0.3, 0.4) is 0 Å². The summed E-state index contributed by atoms with van der Waals surface area (Å²) in [7, 11) is 0. The number of carboxylic acid groups (broad SMARTS) is 1. The Balaban J connectivity index is 1.62. The fraction of sp³-hybridized carbons (Fsp3) is 0.357. The first-order valence-corrected chi connectivity index (χ1v) is 12.7. The van der Waals surface area contributed by atoms with E-state index in [2.05, 4.69) is 15.6 Å². The quantitative estimate of drug-likeness (QED) is 0.272. The minimum absolute atomic E-state index is 0.150. The van der Waals surface area contributed by atoms with Crippen molar-refractivity contribution in [1.29, 1.82) is 0 Å². The predicted molar refractivity (Wildman–Crippen MR) is 142 cm³/mol. The first-order chi connectivity index (χ1) is 18.2. The van der Waals surface area contributed by atoms with Crippen molar-refractivity contribution in [3.63, 3.8) is 0 Å². The molecule has 2 aromatic carbocycles. The molecule has 1 aromatic heterocycles. The van der Waals surface area contributed by atoms with Crippen LogP contribution in [0, 0.1) is 0 Å². The van der Waals surface area contributed by atoms with Gasteiger partial charge < -0.3 is 31.4 Å². The zero-order valence-corrected chi connectivity index (χ0v) is 21.2. The van der Waals surface area contributed by atoms with Gasteiger partial charge >= 0.3 is 5.97 Å². The number of aliphatic carboxylic acids is 1. The SMILES string of the molecule is CC(N)C(=O)NC(Cc1ccccc1)C(=O)NC(Cc1c[nH]c2ccccc12)C(=O)N1CCCC1C(=O)O. The molecule has 1 saturated heterocycles. The Labute approximate surface area is 220 Å². The van der Waals surface area contributed by atoms with Crippen molar-refractivity contribution >= 4 is 34.6 Å². The molecule has 0 radical (unpaired) electrons. The van der Waals surface area contributed by atoms with Crippen LogP contribution in [0.25, 0.3) is 10.9 Å². The highest BCUT2D eigenvalue weighted by Crippen LogP contribution is 2.23. The molecule has 0 spiro atoms. The second-order valence-corrected chi connectivity index (χ2v) is 9.69. The fourth-order valence-corrected chi connectivity index (χ4v) is 4.84. The molecule has 3 aromatic rings. The molecule has 0 saturated carbocycles. The summed E-state index contributed by atoms with van der Waals surface area (Å²) >= 11 is 0. The van der Waals surface area contributed by atoms with Crippen LogP contribution in [-0.2, 0) is 32.0 Å². The number of nitrogens with one attached hydrogen (secondary N) is 3. The maximum absolute atomic E-state index is 13.7. The number of benzene rings is 2. The highest BCUT2D eigenvalue weighted by molar-refractivity contribution is 5.95. The number of nitrogens with two attached hydrogens (primary N) is 1. The van der Waals surface area contributed by atoms with Gasteiger partial charge in [0.25, 0.3) is 0 Å². The van der Waals surface area contributed by atoms with E-state index in [0.717, 1.165) is 22.0 Å². The summed E-state index contributed by atoms with van der Waals surface area (Å²) in [5.41, 5.74) is 8.25. The van der Waals surface area contributed by atoms with E-state index >= 15 is 0 Å². The maximum atomic E-state index is 13.7. The third kappa shape index (κ3) is 6.20. The van der Waals surface area contributed by atoms with E-state index in [4.69, 9.17) is 5.73 Å². The number of carbonyl (C=O) groups is 4. The lowest BCUT2D eigenvalue weighted by atomic mass is 10.0. The zero-order valence-electron chi connectivity index (χ0n) is 21.2. The molecule has 1 fully saturated rings.